The lowest BCUT2D eigenvalue weighted by Crippen LogP contribution is -2.40. The van der Waals surface area contributed by atoms with E-state index in [0.29, 0.717) is 12.6 Å². The van der Waals surface area contributed by atoms with Gasteiger partial charge in [-0.3, -0.25) is 0 Å². The molecule has 3 nitrogen and oxygen atoms in total. The highest BCUT2D eigenvalue weighted by Gasteiger charge is 2.10. The van der Waals surface area contributed by atoms with E-state index in [1.807, 2.05) is 0 Å². The van der Waals surface area contributed by atoms with Gasteiger partial charge in [0.1, 0.15) is 0 Å². The summed E-state index contributed by atoms with van der Waals surface area (Å²) in [5.74, 6) is 0. The molecular weight excluding hydrogens is 212 g/mol. The van der Waals surface area contributed by atoms with Crippen LogP contribution in [0.25, 0.3) is 0 Å². The normalized spacial score (nSPS) is 15.2. The predicted molar refractivity (Wildman–Crippen MR) is 75.4 cm³/mol. The zero-order chi connectivity index (χ0) is 13.1. The van der Waals surface area contributed by atoms with E-state index in [-0.39, 0.29) is 6.10 Å². The average molecular weight is 244 g/mol. The molecule has 0 radical (unpaired) electrons. The summed E-state index contributed by atoms with van der Waals surface area (Å²) in [4.78, 5) is 2.26. The molecule has 0 spiro atoms. The Bertz CT molecular complexity index is 160. The molecule has 0 rings (SSSR count). The number of nitrogens with zero attached hydrogens (tertiary/aromatic N) is 1. The second-order valence-corrected chi connectivity index (χ2v) is 4.94. The van der Waals surface area contributed by atoms with Crippen LogP contribution < -0.4 is 5.32 Å². The van der Waals surface area contributed by atoms with E-state index < -0.39 is 0 Å². The molecule has 0 bridgehead atoms. The van der Waals surface area contributed by atoms with Crippen molar-refractivity contribution in [3.63, 3.8) is 0 Å². The number of nitrogens with one attached hydrogen (secondary N) is 1. The smallest absolute Gasteiger partial charge is 0.0791 e. The Morgan fingerprint density at radius 1 is 1.12 bits per heavy atom. The van der Waals surface area contributed by atoms with Crippen LogP contribution in [0, 0.1) is 0 Å². The number of rotatable bonds is 11. The van der Waals surface area contributed by atoms with Crippen molar-refractivity contribution in [3.8, 4) is 0 Å². The molecule has 0 aliphatic heterocycles. The van der Waals surface area contributed by atoms with E-state index in [4.69, 9.17) is 0 Å². The first-order valence-corrected chi connectivity index (χ1v) is 7.27. The molecule has 0 saturated heterocycles. The second kappa shape index (κ2) is 11.0. The van der Waals surface area contributed by atoms with Crippen LogP contribution in [0.15, 0.2) is 0 Å². The third-order valence-corrected chi connectivity index (χ3v) is 3.31. The summed E-state index contributed by atoms with van der Waals surface area (Å²) in [5, 5.41) is 13.3. The Balaban J connectivity index is 3.57. The van der Waals surface area contributed by atoms with E-state index in [2.05, 4.69) is 37.9 Å². The fourth-order valence-electron chi connectivity index (χ4n) is 1.98. The molecule has 0 aliphatic carbocycles. The summed E-state index contributed by atoms with van der Waals surface area (Å²) in [6, 6.07) is 0.521. The molecule has 2 atom stereocenters. The number of hydrogen-bond donors (Lipinski definition) is 2. The van der Waals surface area contributed by atoms with E-state index in [1.165, 1.54) is 25.7 Å². The molecular formula is C14H32N2O. The maximum absolute atomic E-state index is 9.90. The molecule has 3 heteroatoms. The molecule has 0 aromatic carbocycles. The number of hydrogen-bond acceptors (Lipinski definition) is 3. The summed E-state index contributed by atoms with van der Waals surface area (Å²) in [6.07, 6.45) is 4.84. The minimum Gasteiger partial charge on any atom is -0.390 e. The zero-order valence-corrected chi connectivity index (χ0v) is 12.2. The maximum atomic E-state index is 9.90. The Kier molecular flexibility index (Phi) is 10.9. The van der Waals surface area contributed by atoms with Gasteiger partial charge in [-0.2, -0.15) is 0 Å². The summed E-state index contributed by atoms with van der Waals surface area (Å²) in [6.45, 7) is 12.2. The standard InChI is InChI=1S/C14H32N2O/c1-5-8-9-10-13(4)15-11-14(17)12-16(6-2)7-3/h13-15,17H,5-12H2,1-4H3. The molecule has 0 amide bonds. The summed E-state index contributed by atoms with van der Waals surface area (Å²) in [7, 11) is 0. The second-order valence-electron chi connectivity index (χ2n) is 4.94. The molecule has 0 heterocycles. The van der Waals surface area contributed by atoms with Crippen LogP contribution in [0.1, 0.15) is 53.4 Å². The van der Waals surface area contributed by atoms with E-state index in [0.717, 1.165) is 19.6 Å². The average Bonchev–Trinajstić information content (AvgIpc) is 2.33. The number of aliphatic hydroxyl groups is 1. The highest BCUT2D eigenvalue weighted by molar-refractivity contribution is 4.68. The summed E-state index contributed by atoms with van der Waals surface area (Å²) in [5.41, 5.74) is 0. The quantitative estimate of drug-likeness (QED) is 0.547. The largest absolute Gasteiger partial charge is 0.390 e. The number of likely N-dealkylation sites (N-methyl/N-ethyl adjacent to an activating group) is 1. The summed E-state index contributed by atoms with van der Waals surface area (Å²) >= 11 is 0. The highest BCUT2D eigenvalue weighted by Crippen LogP contribution is 2.02. The van der Waals surface area contributed by atoms with Crippen molar-refractivity contribution in [1.82, 2.24) is 10.2 Å². The Morgan fingerprint density at radius 2 is 1.76 bits per heavy atom. The first kappa shape index (κ1) is 16.9. The van der Waals surface area contributed by atoms with Crippen molar-refractivity contribution in [2.45, 2.75) is 65.5 Å². The van der Waals surface area contributed by atoms with Crippen LogP contribution in [0.5, 0.6) is 0 Å². The number of unbranched alkanes of at least 4 members (excludes halogenated alkanes) is 2. The van der Waals surface area contributed by atoms with Crippen LogP contribution in [0.2, 0.25) is 0 Å². The van der Waals surface area contributed by atoms with Crippen molar-refractivity contribution in [2.75, 3.05) is 26.2 Å². The van der Waals surface area contributed by atoms with Gasteiger partial charge < -0.3 is 15.3 Å². The van der Waals surface area contributed by atoms with Crippen LogP contribution in [-0.2, 0) is 0 Å². The molecule has 17 heavy (non-hydrogen) atoms. The van der Waals surface area contributed by atoms with Gasteiger partial charge in [0.25, 0.3) is 0 Å². The molecule has 2 unspecified atom stereocenters. The van der Waals surface area contributed by atoms with Gasteiger partial charge in [-0.25, -0.2) is 0 Å². The van der Waals surface area contributed by atoms with Crippen LogP contribution >= 0.6 is 0 Å². The molecule has 2 N–H and O–H groups in total. The van der Waals surface area contributed by atoms with Gasteiger partial charge >= 0.3 is 0 Å². The monoisotopic (exact) mass is 244 g/mol. The van der Waals surface area contributed by atoms with Crippen molar-refractivity contribution < 1.29 is 5.11 Å². The van der Waals surface area contributed by atoms with E-state index >= 15 is 0 Å². The van der Waals surface area contributed by atoms with Crippen LogP contribution in [-0.4, -0.2) is 48.3 Å². The minimum atomic E-state index is -0.247. The minimum absolute atomic E-state index is 0.247. The maximum Gasteiger partial charge on any atom is 0.0791 e. The van der Waals surface area contributed by atoms with E-state index in [1.54, 1.807) is 0 Å². The molecule has 0 aromatic rings. The molecule has 104 valence electrons. The van der Waals surface area contributed by atoms with E-state index in [9.17, 15) is 5.11 Å². The zero-order valence-electron chi connectivity index (χ0n) is 12.2. The molecule has 0 saturated carbocycles. The Labute approximate surface area is 108 Å². The van der Waals surface area contributed by atoms with Gasteiger partial charge in [-0.15, -0.1) is 0 Å². The Hall–Kier alpha value is -0.120. The van der Waals surface area contributed by atoms with Gasteiger partial charge in [-0.05, 0) is 26.4 Å². The van der Waals surface area contributed by atoms with Crippen molar-refractivity contribution >= 4 is 0 Å². The lowest BCUT2D eigenvalue weighted by molar-refractivity contribution is 0.114. The SMILES string of the molecule is CCCCCC(C)NCC(O)CN(CC)CC. The first-order chi connectivity index (χ1) is 8.13. The number of aliphatic hydroxyl groups excluding tert-OH is 1. The third kappa shape index (κ3) is 9.57. The lowest BCUT2D eigenvalue weighted by atomic mass is 10.1. The van der Waals surface area contributed by atoms with Gasteiger partial charge in [0, 0.05) is 19.1 Å². The van der Waals surface area contributed by atoms with Crippen molar-refractivity contribution in [2.24, 2.45) is 0 Å². The fourth-order valence-corrected chi connectivity index (χ4v) is 1.98. The van der Waals surface area contributed by atoms with Crippen LogP contribution in [0.3, 0.4) is 0 Å². The molecule has 0 aliphatic rings. The molecule has 0 aromatic heterocycles. The summed E-state index contributed by atoms with van der Waals surface area (Å²) < 4.78 is 0. The van der Waals surface area contributed by atoms with Crippen molar-refractivity contribution in [3.05, 3.63) is 0 Å². The fraction of sp³-hybridized carbons (Fsp3) is 1.00. The topological polar surface area (TPSA) is 35.5 Å². The predicted octanol–water partition coefficient (Wildman–Crippen LogP) is 2.25. The molecule has 0 fully saturated rings. The Morgan fingerprint density at radius 3 is 2.29 bits per heavy atom. The first-order valence-electron chi connectivity index (χ1n) is 7.27. The van der Waals surface area contributed by atoms with Gasteiger partial charge in [0.2, 0.25) is 0 Å². The van der Waals surface area contributed by atoms with Crippen molar-refractivity contribution in [1.29, 1.82) is 0 Å². The van der Waals surface area contributed by atoms with Gasteiger partial charge in [0.15, 0.2) is 0 Å². The third-order valence-electron chi connectivity index (χ3n) is 3.31. The highest BCUT2D eigenvalue weighted by atomic mass is 16.3. The van der Waals surface area contributed by atoms with Gasteiger partial charge in [-0.1, -0.05) is 40.0 Å². The lowest BCUT2D eigenvalue weighted by Gasteiger charge is -2.23. The van der Waals surface area contributed by atoms with Gasteiger partial charge in [0.05, 0.1) is 6.10 Å². The van der Waals surface area contributed by atoms with Crippen LogP contribution in [0.4, 0.5) is 0 Å².